The third-order valence-corrected chi connectivity index (χ3v) is 2.76. The van der Waals surface area contributed by atoms with Gasteiger partial charge in [0.15, 0.2) is 0 Å². The third-order valence-electron chi connectivity index (χ3n) is 2.76. The minimum atomic E-state index is -2.14. The van der Waals surface area contributed by atoms with Gasteiger partial charge in [-0.15, -0.1) is 0 Å². The van der Waals surface area contributed by atoms with E-state index in [9.17, 15) is 14.7 Å². The van der Waals surface area contributed by atoms with Gasteiger partial charge in [0.2, 0.25) is 0 Å². The highest BCUT2D eigenvalue weighted by atomic mass is 16.8. The molecule has 0 amide bonds. The van der Waals surface area contributed by atoms with Crippen LogP contribution in [0.4, 0.5) is 0 Å². The van der Waals surface area contributed by atoms with Crippen molar-refractivity contribution in [2.45, 2.75) is 45.5 Å². The molecule has 0 aromatic heterocycles. The Morgan fingerprint density at radius 3 is 2.18 bits per heavy atom. The van der Waals surface area contributed by atoms with Crippen LogP contribution in [0, 0.1) is 5.92 Å². The lowest BCUT2D eigenvalue weighted by atomic mass is 9.96. The van der Waals surface area contributed by atoms with E-state index in [0.717, 1.165) is 25.0 Å². The third kappa shape index (κ3) is 3.56. The molecule has 1 heterocycles. The first-order chi connectivity index (χ1) is 8.01. The summed E-state index contributed by atoms with van der Waals surface area (Å²) in [6.07, 6.45) is 4.90. The molecule has 1 N–H and O–H groups in total. The van der Waals surface area contributed by atoms with Crippen molar-refractivity contribution in [1.82, 2.24) is 0 Å². The number of esters is 2. The summed E-state index contributed by atoms with van der Waals surface area (Å²) in [5.74, 6) is -4.08. The van der Waals surface area contributed by atoms with Crippen LogP contribution in [0.3, 0.4) is 0 Å². The molecule has 1 unspecified atom stereocenters. The molecule has 5 nitrogen and oxygen atoms in total. The van der Waals surface area contributed by atoms with E-state index in [1.807, 2.05) is 13.8 Å². The molecule has 96 valence electrons. The molecule has 0 bridgehead atoms. The monoisotopic (exact) mass is 242 g/mol. The van der Waals surface area contributed by atoms with Gasteiger partial charge >= 0.3 is 17.9 Å². The number of rotatable bonds is 5. The van der Waals surface area contributed by atoms with E-state index in [-0.39, 0.29) is 0 Å². The van der Waals surface area contributed by atoms with Gasteiger partial charge in [0.25, 0.3) is 0 Å². The average molecular weight is 242 g/mol. The van der Waals surface area contributed by atoms with E-state index < -0.39 is 23.8 Å². The Bertz CT molecular complexity index is 301. The van der Waals surface area contributed by atoms with Crippen LogP contribution in [-0.4, -0.2) is 23.0 Å². The van der Waals surface area contributed by atoms with Crippen LogP contribution < -0.4 is 0 Å². The van der Waals surface area contributed by atoms with Crippen molar-refractivity contribution in [1.29, 1.82) is 0 Å². The zero-order valence-corrected chi connectivity index (χ0v) is 10.1. The highest BCUT2D eigenvalue weighted by Gasteiger charge is 2.44. The van der Waals surface area contributed by atoms with Gasteiger partial charge in [0.05, 0.1) is 5.92 Å². The lowest BCUT2D eigenvalue weighted by molar-refractivity contribution is -0.346. The Morgan fingerprint density at radius 2 is 1.76 bits per heavy atom. The number of carbonyl (C=O) groups excluding carboxylic acids is 2. The van der Waals surface area contributed by atoms with Gasteiger partial charge in [-0.2, -0.15) is 0 Å². The van der Waals surface area contributed by atoms with Crippen LogP contribution in [-0.2, 0) is 19.1 Å². The van der Waals surface area contributed by atoms with E-state index in [1.165, 1.54) is 0 Å². The second-order valence-electron chi connectivity index (χ2n) is 4.05. The SMILES string of the molecule is CCCCC(CC)C1(O)OC(=O)C=CC(=O)O1. The van der Waals surface area contributed by atoms with Gasteiger partial charge < -0.3 is 14.6 Å². The second kappa shape index (κ2) is 5.82. The summed E-state index contributed by atoms with van der Waals surface area (Å²) < 4.78 is 9.61. The van der Waals surface area contributed by atoms with Crippen LogP contribution in [0.5, 0.6) is 0 Å². The van der Waals surface area contributed by atoms with E-state index >= 15 is 0 Å². The molecule has 0 saturated carbocycles. The lowest BCUT2D eigenvalue weighted by Crippen LogP contribution is -2.45. The number of aliphatic hydroxyl groups is 1. The van der Waals surface area contributed by atoms with Crippen LogP contribution in [0.15, 0.2) is 12.2 Å². The molecular weight excluding hydrogens is 224 g/mol. The molecule has 0 aromatic rings. The number of hydrogen-bond donors (Lipinski definition) is 1. The predicted molar refractivity (Wildman–Crippen MR) is 59.6 cm³/mol. The van der Waals surface area contributed by atoms with Crippen molar-refractivity contribution in [3.05, 3.63) is 12.2 Å². The molecule has 0 aromatic carbocycles. The molecule has 0 saturated heterocycles. The highest BCUT2D eigenvalue weighted by molar-refractivity contribution is 5.93. The minimum absolute atomic E-state index is 0.407. The summed E-state index contributed by atoms with van der Waals surface area (Å²) in [4.78, 5) is 22.5. The Balaban J connectivity index is 2.82. The second-order valence-corrected chi connectivity index (χ2v) is 4.05. The zero-order chi connectivity index (χ0) is 12.9. The molecule has 1 rings (SSSR count). The van der Waals surface area contributed by atoms with Gasteiger partial charge in [0, 0.05) is 12.2 Å². The van der Waals surface area contributed by atoms with Gasteiger partial charge in [-0.25, -0.2) is 9.59 Å². The topological polar surface area (TPSA) is 72.8 Å². The zero-order valence-electron chi connectivity index (χ0n) is 10.1. The van der Waals surface area contributed by atoms with Crippen LogP contribution in [0.25, 0.3) is 0 Å². The minimum Gasteiger partial charge on any atom is -0.394 e. The fraction of sp³-hybridized carbons (Fsp3) is 0.667. The van der Waals surface area contributed by atoms with E-state index in [1.54, 1.807) is 0 Å². The first kappa shape index (κ1) is 13.7. The van der Waals surface area contributed by atoms with Crippen LogP contribution >= 0.6 is 0 Å². The number of carbonyl (C=O) groups is 2. The normalized spacial score (nSPS) is 20.4. The maximum absolute atomic E-state index is 11.2. The van der Waals surface area contributed by atoms with Crippen molar-refractivity contribution in [2.24, 2.45) is 5.92 Å². The van der Waals surface area contributed by atoms with Crippen LogP contribution in [0.1, 0.15) is 39.5 Å². The van der Waals surface area contributed by atoms with Crippen molar-refractivity contribution >= 4 is 11.9 Å². The maximum Gasteiger partial charge on any atom is 0.376 e. The van der Waals surface area contributed by atoms with Gasteiger partial charge in [-0.3, -0.25) is 0 Å². The van der Waals surface area contributed by atoms with Crippen molar-refractivity contribution < 1.29 is 24.2 Å². The molecule has 0 radical (unpaired) electrons. The maximum atomic E-state index is 11.2. The lowest BCUT2D eigenvalue weighted by Gasteiger charge is -2.31. The Labute approximate surface area is 100 Å². The van der Waals surface area contributed by atoms with Gasteiger partial charge in [-0.05, 0) is 12.8 Å². The summed E-state index contributed by atoms with van der Waals surface area (Å²) >= 11 is 0. The molecule has 1 atom stereocenters. The fourth-order valence-electron chi connectivity index (χ4n) is 1.77. The van der Waals surface area contributed by atoms with E-state index in [2.05, 4.69) is 0 Å². The quantitative estimate of drug-likeness (QED) is 0.740. The molecule has 1 aliphatic heterocycles. The van der Waals surface area contributed by atoms with Crippen LogP contribution in [0.2, 0.25) is 0 Å². The van der Waals surface area contributed by atoms with Crippen molar-refractivity contribution in [3.63, 3.8) is 0 Å². The molecule has 0 spiro atoms. The van der Waals surface area contributed by atoms with Gasteiger partial charge in [0.1, 0.15) is 0 Å². The summed E-state index contributed by atoms with van der Waals surface area (Å²) in [5.41, 5.74) is 0. The van der Waals surface area contributed by atoms with Crippen molar-refractivity contribution in [2.75, 3.05) is 0 Å². The van der Waals surface area contributed by atoms with E-state index in [0.29, 0.717) is 12.8 Å². The van der Waals surface area contributed by atoms with Crippen molar-refractivity contribution in [3.8, 4) is 0 Å². The molecular formula is C12H18O5. The summed E-state index contributed by atoms with van der Waals surface area (Å²) in [6, 6.07) is 0. The summed E-state index contributed by atoms with van der Waals surface area (Å²) in [7, 11) is 0. The molecule has 0 aliphatic carbocycles. The molecule has 17 heavy (non-hydrogen) atoms. The smallest absolute Gasteiger partial charge is 0.376 e. The Kier molecular flexibility index (Phi) is 4.69. The first-order valence-electron chi connectivity index (χ1n) is 5.88. The Morgan fingerprint density at radius 1 is 1.24 bits per heavy atom. The summed E-state index contributed by atoms with van der Waals surface area (Å²) in [6.45, 7) is 3.86. The number of ether oxygens (including phenoxy) is 2. The van der Waals surface area contributed by atoms with Gasteiger partial charge in [-0.1, -0.05) is 26.7 Å². The number of unbranched alkanes of at least 4 members (excludes halogenated alkanes) is 1. The first-order valence-corrected chi connectivity index (χ1v) is 5.88. The molecule has 0 fully saturated rings. The largest absolute Gasteiger partial charge is 0.394 e. The number of cyclic esters (lactones) is 2. The Hall–Kier alpha value is -1.36. The van der Waals surface area contributed by atoms with E-state index in [4.69, 9.17) is 9.47 Å². The number of hydrogen-bond acceptors (Lipinski definition) is 5. The predicted octanol–water partition coefficient (Wildman–Crippen LogP) is 1.51. The summed E-state index contributed by atoms with van der Waals surface area (Å²) in [5, 5.41) is 10.2. The average Bonchev–Trinajstić information content (AvgIpc) is 2.39. The highest BCUT2D eigenvalue weighted by Crippen LogP contribution is 2.30. The molecule has 1 aliphatic rings. The standard InChI is InChI=1S/C12H18O5/c1-3-5-6-9(4-2)12(15)16-10(13)7-8-11(14)17-12/h7-9,15H,3-6H2,1-2H3. The molecule has 5 heteroatoms. The fourth-order valence-corrected chi connectivity index (χ4v) is 1.77.